The van der Waals surface area contributed by atoms with E-state index < -0.39 is 0 Å². The molecular formula is C14H13N3OS. The van der Waals surface area contributed by atoms with E-state index in [-0.39, 0.29) is 0 Å². The summed E-state index contributed by atoms with van der Waals surface area (Å²) in [7, 11) is 0. The molecule has 0 spiro atoms. The highest BCUT2D eigenvalue weighted by atomic mass is 32.1. The first kappa shape index (κ1) is 12.1. The van der Waals surface area contributed by atoms with E-state index in [1.807, 2.05) is 37.3 Å². The highest BCUT2D eigenvalue weighted by Crippen LogP contribution is 2.31. The van der Waals surface area contributed by atoms with Gasteiger partial charge in [-0.25, -0.2) is 9.97 Å². The number of hydrogen-bond donors (Lipinski definition) is 1. The Hall–Kier alpha value is -1.98. The molecule has 96 valence electrons. The summed E-state index contributed by atoms with van der Waals surface area (Å²) >= 11 is 1.63. The molecule has 0 saturated heterocycles. The summed E-state index contributed by atoms with van der Waals surface area (Å²) in [6.45, 7) is 2.54. The van der Waals surface area contributed by atoms with Crippen LogP contribution in [-0.4, -0.2) is 9.97 Å². The summed E-state index contributed by atoms with van der Waals surface area (Å²) in [5.41, 5.74) is 6.66. The highest BCUT2D eigenvalue weighted by molar-refractivity contribution is 7.18. The van der Waals surface area contributed by atoms with Crippen LogP contribution in [0, 0.1) is 6.92 Å². The molecule has 0 fully saturated rings. The van der Waals surface area contributed by atoms with Gasteiger partial charge in [-0.05, 0) is 30.7 Å². The Morgan fingerprint density at radius 2 is 2.16 bits per heavy atom. The number of ether oxygens (including phenoxy) is 1. The van der Waals surface area contributed by atoms with Crippen molar-refractivity contribution in [2.45, 2.75) is 13.5 Å². The smallest absolute Gasteiger partial charge is 0.231 e. The van der Waals surface area contributed by atoms with Crippen molar-refractivity contribution in [3.63, 3.8) is 0 Å². The molecule has 2 heterocycles. The second kappa shape index (κ2) is 4.95. The van der Waals surface area contributed by atoms with Crippen LogP contribution in [-0.2, 0) is 6.54 Å². The van der Waals surface area contributed by atoms with Crippen LogP contribution in [0.2, 0.25) is 0 Å². The van der Waals surface area contributed by atoms with Crippen molar-refractivity contribution in [3.05, 3.63) is 47.1 Å². The Labute approximate surface area is 114 Å². The quantitative estimate of drug-likeness (QED) is 0.794. The Balaban J connectivity index is 2.00. The van der Waals surface area contributed by atoms with E-state index in [2.05, 4.69) is 9.97 Å². The third kappa shape index (κ3) is 2.43. The molecule has 1 aromatic carbocycles. The van der Waals surface area contributed by atoms with Crippen LogP contribution in [0.3, 0.4) is 0 Å². The summed E-state index contributed by atoms with van der Waals surface area (Å²) in [4.78, 5) is 10.6. The molecule has 0 aliphatic heterocycles. The summed E-state index contributed by atoms with van der Waals surface area (Å²) < 4.78 is 5.85. The van der Waals surface area contributed by atoms with E-state index in [4.69, 9.17) is 10.5 Å². The maximum Gasteiger partial charge on any atom is 0.231 e. The van der Waals surface area contributed by atoms with E-state index in [0.717, 1.165) is 21.5 Å². The molecule has 4 nitrogen and oxygen atoms in total. The molecular weight excluding hydrogens is 258 g/mol. The minimum atomic E-state index is 0.494. The molecule has 0 unspecified atom stereocenters. The minimum Gasteiger partial charge on any atom is -0.438 e. The Morgan fingerprint density at radius 3 is 3.00 bits per heavy atom. The number of nitrogens with two attached hydrogens (primary N) is 1. The van der Waals surface area contributed by atoms with Gasteiger partial charge in [0, 0.05) is 11.4 Å². The fourth-order valence-corrected chi connectivity index (χ4v) is 2.72. The van der Waals surface area contributed by atoms with Crippen molar-refractivity contribution in [2.24, 2.45) is 5.73 Å². The number of thiophene rings is 1. The predicted molar refractivity (Wildman–Crippen MR) is 76.6 cm³/mol. The Bertz CT molecular complexity index is 724. The lowest BCUT2D eigenvalue weighted by atomic mass is 10.2. The van der Waals surface area contributed by atoms with Crippen molar-refractivity contribution in [2.75, 3.05) is 0 Å². The summed E-state index contributed by atoms with van der Waals surface area (Å²) in [5.74, 6) is 1.33. The number of rotatable bonds is 3. The standard InChI is InChI=1S/C14H13N3OS/c1-9-5-12-13(16-8-17-14(12)19-9)18-11-4-2-3-10(6-11)7-15/h2-6,8H,7,15H2,1H3. The third-order valence-electron chi connectivity index (χ3n) is 2.76. The molecule has 0 atom stereocenters. The van der Waals surface area contributed by atoms with Crippen molar-refractivity contribution in [1.29, 1.82) is 0 Å². The number of aryl methyl sites for hydroxylation is 1. The van der Waals surface area contributed by atoms with Gasteiger partial charge >= 0.3 is 0 Å². The molecule has 3 aromatic rings. The fourth-order valence-electron chi connectivity index (χ4n) is 1.88. The maximum atomic E-state index is 5.85. The molecule has 5 heteroatoms. The van der Waals surface area contributed by atoms with Gasteiger partial charge in [0.25, 0.3) is 0 Å². The average Bonchev–Trinajstić information content (AvgIpc) is 2.80. The zero-order chi connectivity index (χ0) is 13.2. The minimum absolute atomic E-state index is 0.494. The monoisotopic (exact) mass is 271 g/mol. The molecule has 2 N–H and O–H groups in total. The number of fused-ring (bicyclic) bond motifs is 1. The van der Waals surface area contributed by atoms with Crippen LogP contribution in [0.5, 0.6) is 11.6 Å². The molecule has 0 aliphatic rings. The van der Waals surface area contributed by atoms with E-state index >= 15 is 0 Å². The lowest BCUT2D eigenvalue weighted by Gasteiger charge is -2.06. The van der Waals surface area contributed by atoms with Crippen molar-refractivity contribution in [3.8, 4) is 11.6 Å². The predicted octanol–water partition coefficient (Wildman–Crippen LogP) is 3.25. The highest BCUT2D eigenvalue weighted by Gasteiger charge is 2.09. The van der Waals surface area contributed by atoms with Gasteiger partial charge in [-0.15, -0.1) is 11.3 Å². The first-order valence-corrected chi connectivity index (χ1v) is 6.76. The third-order valence-corrected chi connectivity index (χ3v) is 3.72. The molecule has 0 radical (unpaired) electrons. The van der Waals surface area contributed by atoms with Gasteiger partial charge in [-0.1, -0.05) is 12.1 Å². The second-order valence-electron chi connectivity index (χ2n) is 4.21. The first-order valence-electron chi connectivity index (χ1n) is 5.94. The van der Waals surface area contributed by atoms with Gasteiger partial charge in [0.2, 0.25) is 5.88 Å². The molecule has 0 aliphatic carbocycles. The fraction of sp³-hybridized carbons (Fsp3) is 0.143. The zero-order valence-electron chi connectivity index (χ0n) is 10.5. The number of hydrogen-bond acceptors (Lipinski definition) is 5. The van der Waals surface area contributed by atoms with Crippen LogP contribution < -0.4 is 10.5 Å². The summed E-state index contributed by atoms with van der Waals surface area (Å²) in [6, 6.07) is 9.76. The van der Waals surface area contributed by atoms with Crippen molar-refractivity contribution >= 4 is 21.6 Å². The normalized spacial score (nSPS) is 10.8. The van der Waals surface area contributed by atoms with Crippen LogP contribution in [0.15, 0.2) is 36.7 Å². The van der Waals surface area contributed by atoms with Crippen LogP contribution in [0.4, 0.5) is 0 Å². The number of benzene rings is 1. The summed E-state index contributed by atoms with van der Waals surface area (Å²) in [5, 5.41) is 0.947. The van der Waals surface area contributed by atoms with Crippen LogP contribution in [0.1, 0.15) is 10.4 Å². The summed E-state index contributed by atoms with van der Waals surface area (Å²) in [6.07, 6.45) is 1.53. The lowest BCUT2D eigenvalue weighted by molar-refractivity contribution is 0.467. The van der Waals surface area contributed by atoms with E-state index in [1.165, 1.54) is 11.2 Å². The van der Waals surface area contributed by atoms with Gasteiger partial charge in [-0.2, -0.15) is 0 Å². The van der Waals surface area contributed by atoms with E-state index in [9.17, 15) is 0 Å². The van der Waals surface area contributed by atoms with Crippen LogP contribution >= 0.6 is 11.3 Å². The average molecular weight is 271 g/mol. The van der Waals surface area contributed by atoms with Crippen molar-refractivity contribution in [1.82, 2.24) is 9.97 Å². The molecule has 0 amide bonds. The van der Waals surface area contributed by atoms with Crippen molar-refractivity contribution < 1.29 is 4.74 Å². The molecule has 19 heavy (non-hydrogen) atoms. The SMILES string of the molecule is Cc1cc2c(Oc3cccc(CN)c3)ncnc2s1. The van der Waals surface area contributed by atoms with Gasteiger partial charge < -0.3 is 10.5 Å². The van der Waals surface area contributed by atoms with Crippen LogP contribution in [0.25, 0.3) is 10.2 Å². The molecule has 2 aromatic heterocycles. The molecule has 0 bridgehead atoms. The number of nitrogens with zero attached hydrogens (tertiary/aromatic N) is 2. The first-order chi connectivity index (χ1) is 9.26. The van der Waals surface area contributed by atoms with Gasteiger partial charge in [0.15, 0.2) is 0 Å². The van der Waals surface area contributed by atoms with E-state index in [1.54, 1.807) is 11.3 Å². The van der Waals surface area contributed by atoms with Gasteiger partial charge in [0.05, 0.1) is 5.39 Å². The zero-order valence-corrected chi connectivity index (χ0v) is 11.3. The van der Waals surface area contributed by atoms with Gasteiger partial charge in [-0.3, -0.25) is 0 Å². The number of aromatic nitrogens is 2. The molecule has 3 rings (SSSR count). The maximum absolute atomic E-state index is 5.85. The van der Waals surface area contributed by atoms with E-state index in [0.29, 0.717) is 12.4 Å². The Morgan fingerprint density at radius 1 is 1.26 bits per heavy atom. The second-order valence-corrected chi connectivity index (χ2v) is 5.44. The van der Waals surface area contributed by atoms with Gasteiger partial charge in [0.1, 0.15) is 16.9 Å². The topological polar surface area (TPSA) is 61.0 Å². The molecule has 0 saturated carbocycles. The Kier molecular flexibility index (Phi) is 3.15. The largest absolute Gasteiger partial charge is 0.438 e. The lowest BCUT2D eigenvalue weighted by Crippen LogP contribution is -1.96.